The van der Waals surface area contributed by atoms with Crippen molar-refractivity contribution in [3.8, 4) is 11.4 Å². The number of aryl methyl sites for hydroxylation is 1. The normalized spacial score (nSPS) is 16.5. The Labute approximate surface area is 226 Å². The predicted octanol–water partition coefficient (Wildman–Crippen LogP) is 3.51. The van der Waals surface area contributed by atoms with E-state index in [1.54, 1.807) is 16.9 Å². The predicted molar refractivity (Wildman–Crippen MR) is 142 cm³/mol. The van der Waals surface area contributed by atoms with Gasteiger partial charge in [-0.05, 0) is 30.9 Å². The van der Waals surface area contributed by atoms with Gasteiger partial charge in [-0.3, -0.25) is 23.4 Å². The van der Waals surface area contributed by atoms with Crippen molar-refractivity contribution in [3.05, 3.63) is 68.6 Å². The van der Waals surface area contributed by atoms with Gasteiger partial charge in [-0.25, -0.2) is 9.78 Å². The third-order valence-electron chi connectivity index (χ3n) is 7.28. The Morgan fingerprint density at radius 2 is 1.80 bits per heavy atom. The molecule has 2 atom stereocenters. The van der Waals surface area contributed by atoms with Gasteiger partial charge in [0.15, 0.2) is 5.65 Å². The number of aromatic nitrogens is 6. The summed E-state index contributed by atoms with van der Waals surface area (Å²) in [6.45, 7) is 4.78. The topological polar surface area (TPSA) is 120 Å². The molecule has 2 N–H and O–H groups in total. The molecule has 4 heterocycles. The largest absolute Gasteiger partial charge is 0.416 e. The first kappa shape index (κ1) is 27.4. The highest BCUT2D eigenvalue weighted by atomic mass is 19.4. The summed E-state index contributed by atoms with van der Waals surface area (Å²) in [7, 11) is 0. The summed E-state index contributed by atoms with van der Waals surface area (Å²) in [5, 5.41) is 7.21. The second-order valence-electron chi connectivity index (χ2n) is 10.1. The molecular weight excluding hydrogens is 527 g/mol. The van der Waals surface area contributed by atoms with Gasteiger partial charge in [0.05, 0.1) is 23.4 Å². The first-order valence-electron chi connectivity index (χ1n) is 13.3. The average molecular weight is 558 g/mol. The third-order valence-corrected chi connectivity index (χ3v) is 7.28. The van der Waals surface area contributed by atoms with Gasteiger partial charge in [-0.1, -0.05) is 32.0 Å². The quantitative estimate of drug-likeness (QED) is 0.327. The number of benzene rings is 1. The van der Waals surface area contributed by atoms with Crippen LogP contribution in [-0.4, -0.2) is 41.3 Å². The number of rotatable bonds is 9. The molecule has 0 aliphatic carbocycles. The summed E-state index contributed by atoms with van der Waals surface area (Å²) in [5.41, 5.74) is -0.549. The number of hydrogen-bond acceptors (Lipinski definition) is 5. The number of nitrogens with one attached hydrogen (secondary N) is 2. The molecule has 3 aromatic heterocycles. The zero-order valence-corrected chi connectivity index (χ0v) is 22.2. The maximum Gasteiger partial charge on any atom is 0.416 e. The van der Waals surface area contributed by atoms with E-state index in [1.807, 2.05) is 13.8 Å². The number of halogens is 3. The van der Waals surface area contributed by atoms with E-state index in [9.17, 15) is 27.6 Å². The van der Waals surface area contributed by atoms with Crippen LogP contribution in [0.1, 0.15) is 50.3 Å². The van der Waals surface area contributed by atoms with Crippen molar-refractivity contribution in [2.45, 2.75) is 64.8 Å². The van der Waals surface area contributed by atoms with Crippen molar-refractivity contribution in [1.29, 1.82) is 0 Å². The third kappa shape index (κ3) is 5.07. The molecule has 1 aliphatic rings. The fourth-order valence-corrected chi connectivity index (χ4v) is 5.37. The van der Waals surface area contributed by atoms with Gasteiger partial charge >= 0.3 is 11.9 Å². The number of carbonyl (C=O) groups excluding carboxylic acids is 1. The summed E-state index contributed by atoms with van der Waals surface area (Å²) in [5.74, 6) is -0.138. The van der Waals surface area contributed by atoms with E-state index in [4.69, 9.17) is 0 Å². The fourth-order valence-electron chi connectivity index (χ4n) is 5.37. The number of imidazole rings is 1. The molecule has 0 bridgehead atoms. The Morgan fingerprint density at radius 1 is 1.07 bits per heavy atom. The SMILES string of the molecule is CCCn1c(=O)c2[nH]c(-c3cnn(C(Cc4ccccc4C(F)(F)F)C4CNC(=O)C4)c3)nc2n(CCC)c1=O. The van der Waals surface area contributed by atoms with Gasteiger partial charge in [0.25, 0.3) is 5.56 Å². The van der Waals surface area contributed by atoms with Crippen LogP contribution < -0.4 is 16.6 Å². The van der Waals surface area contributed by atoms with E-state index >= 15 is 0 Å². The highest BCUT2D eigenvalue weighted by Crippen LogP contribution is 2.36. The molecule has 0 spiro atoms. The summed E-state index contributed by atoms with van der Waals surface area (Å²) in [6, 6.07) is 4.85. The number of H-pyrrole nitrogens is 1. The van der Waals surface area contributed by atoms with Crippen LogP contribution in [0.15, 0.2) is 46.2 Å². The molecule has 2 unspecified atom stereocenters. The minimum atomic E-state index is -4.52. The molecule has 212 valence electrons. The van der Waals surface area contributed by atoms with Gasteiger partial charge < -0.3 is 10.3 Å². The monoisotopic (exact) mass is 557 g/mol. The lowest BCUT2D eigenvalue weighted by Gasteiger charge is -2.24. The summed E-state index contributed by atoms with van der Waals surface area (Å²) < 4.78 is 45.5. The zero-order chi connectivity index (χ0) is 28.6. The molecule has 0 radical (unpaired) electrons. The lowest BCUT2D eigenvalue weighted by atomic mass is 9.90. The fraction of sp³-hybridized carbons (Fsp3) is 0.444. The molecule has 10 nitrogen and oxygen atoms in total. The Bertz CT molecular complexity index is 1660. The van der Waals surface area contributed by atoms with Gasteiger partial charge in [0.2, 0.25) is 5.91 Å². The molecule has 4 aromatic rings. The average Bonchev–Trinajstić information content (AvgIpc) is 3.67. The highest BCUT2D eigenvalue weighted by molar-refractivity contribution is 5.78. The van der Waals surface area contributed by atoms with E-state index in [0.717, 1.165) is 6.07 Å². The second kappa shape index (κ2) is 10.8. The van der Waals surface area contributed by atoms with Gasteiger partial charge in [-0.2, -0.15) is 18.3 Å². The van der Waals surface area contributed by atoms with Crippen molar-refractivity contribution in [2.75, 3.05) is 6.54 Å². The van der Waals surface area contributed by atoms with E-state index in [2.05, 4.69) is 20.4 Å². The van der Waals surface area contributed by atoms with Gasteiger partial charge in [0.1, 0.15) is 11.3 Å². The van der Waals surface area contributed by atoms with Crippen molar-refractivity contribution in [1.82, 2.24) is 34.2 Å². The molecule has 13 heteroatoms. The second-order valence-corrected chi connectivity index (χ2v) is 10.1. The molecule has 1 aliphatic heterocycles. The van der Waals surface area contributed by atoms with Crippen molar-refractivity contribution in [3.63, 3.8) is 0 Å². The summed E-state index contributed by atoms with van der Waals surface area (Å²) in [4.78, 5) is 45.7. The lowest BCUT2D eigenvalue weighted by Crippen LogP contribution is -2.40. The van der Waals surface area contributed by atoms with Crippen LogP contribution in [0.5, 0.6) is 0 Å². The standard InChI is InChI=1S/C27H30F3N7O3/c1-3-9-35-24-22(25(39)36(10-4-2)26(35)40)33-23(34-24)18-14-32-37(15-18)20(17-12-21(38)31-13-17)11-16-7-5-6-8-19(16)27(28,29)30/h5-8,14-15,17,20H,3-4,9-13H2,1-2H3,(H,31,38)(H,33,34). The lowest BCUT2D eigenvalue weighted by molar-refractivity contribution is -0.138. The molecule has 5 rings (SSSR count). The number of alkyl halides is 3. The Balaban J connectivity index is 1.57. The number of hydrogen-bond donors (Lipinski definition) is 2. The van der Waals surface area contributed by atoms with E-state index in [-0.39, 0.29) is 47.9 Å². The summed E-state index contributed by atoms with van der Waals surface area (Å²) in [6.07, 6.45) is 0.0823. The molecule has 1 saturated heterocycles. The first-order chi connectivity index (χ1) is 19.1. The minimum absolute atomic E-state index is 0.00826. The van der Waals surface area contributed by atoms with Crippen LogP contribution >= 0.6 is 0 Å². The van der Waals surface area contributed by atoms with Gasteiger partial charge in [-0.15, -0.1) is 0 Å². The Kier molecular flexibility index (Phi) is 7.39. The van der Waals surface area contributed by atoms with E-state index < -0.39 is 29.0 Å². The van der Waals surface area contributed by atoms with Crippen LogP contribution in [0.3, 0.4) is 0 Å². The molecular formula is C27H30F3N7O3. The van der Waals surface area contributed by atoms with E-state index in [0.29, 0.717) is 37.3 Å². The minimum Gasteiger partial charge on any atom is -0.356 e. The maximum absolute atomic E-state index is 13.7. The van der Waals surface area contributed by atoms with Crippen molar-refractivity contribution < 1.29 is 18.0 Å². The van der Waals surface area contributed by atoms with E-state index in [1.165, 1.54) is 27.5 Å². The van der Waals surface area contributed by atoms with Crippen molar-refractivity contribution >= 4 is 17.1 Å². The number of aromatic amines is 1. The summed E-state index contributed by atoms with van der Waals surface area (Å²) >= 11 is 0. The van der Waals surface area contributed by atoms with Crippen LogP contribution in [-0.2, 0) is 30.5 Å². The highest BCUT2D eigenvalue weighted by Gasteiger charge is 2.36. The number of fused-ring (bicyclic) bond motifs is 1. The number of amides is 1. The van der Waals surface area contributed by atoms with Crippen molar-refractivity contribution in [2.24, 2.45) is 5.92 Å². The molecule has 1 amide bonds. The van der Waals surface area contributed by atoms with Crippen LogP contribution in [0.4, 0.5) is 13.2 Å². The van der Waals surface area contributed by atoms with Gasteiger partial charge in [0, 0.05) is 38.2 Å². The molecule has 1 aromatic carbocycles. The van der Waals surface area contributed by atoms with Crippen LogP contribution in [0, 0.1) is 5.92 Å². The number of nitrogens with zero attached hydrogens (tertiary/aromatic N) is 5. The smallest absolute Gasteiger partial charge is 0.356 e. The maximum atomic E-state index is 13.7. The first-order valence-corrected chi connectivity index (χ1v) is 13.3. The molecule has 0 saturated carbocycles. The zero-order valence-electron chi connectivity index (χ0n) is 22.2. The number of carbonyl (C=O) groups is 1. The van der Waals surface area contributed by atoms with Crippen LogP contribution in [0.2, 0.25) is 0 Å². The van der Waals surface area contributed by atoms with Crippen LogP contribution in [0.25, 0.3) is 22.6 Å². The molecule has 40 heavy (non-hydrogen) atoms. The molecule has 1 fully saturated rings. The Hall–Kier alpha value is -4.16. The Morgan fingerprint density at radius 3 is 2.48 bits per heavy atom.